The van der Waals surface area contributed by atoms with Crippen molar-refractivity contribution >= 4 is 23.2 Å². The van der Waals surface area contributed by atoms with Crippen LogP contribution in [0.4, 0.5) is 0 Å². The second kappa shape index (κ2) is 5.14. The molecule has 6 nitrogen and oxygen atoms in total. The number of rotatable bonds is 2. The van der Waals surface area contributed by atoms with Crippen LogP contribution in [0.1, 0.15) is 16.1 Å². The van der Waals surface area contributed by atoms with Crippen LogP contribution in [-0.4, -0.2) is 32.7 Å². The molecule has 0 unspecified atom stereocenters. The molecule has 106 valence electrons. The molecule has 0 aromatic carbocycles. The van der Waals surface area contributed by atoms with Crippen molar-refractivity contribution in [2.45, 2.75) is 6.92 Å². The van der Waals surface area contributed by atoms with Gasteiger partial charge in [-0.15, -0.1) is 10.2 Å². The molecule has 0 bridgehead atoms. The smallest absolute Gasteiger partial charge is 0.339 e. The summed E-state index contributed by atoms with van der Waals surface area (Å²) in [5.41, 5.74) is 2.30. The fourth-order valence-electron chi connectivity index (χ4n) is 2.03. The summed E-state index contributed by atoms with van der Waals surface area (Å²) in [7, 11) is 1.32. The lowest BCUT2D eigenvalue weighted by atomic mass is 10.2. The Morgan fingerprint density at radius 3 is 2.86 bits per heavy atom. The predicted octanol–water partition coefficient (Wildman–Crippen LogP) is 2.54. The predicted molar refractivity (Wildman–Crippen MR) is 77.3 cm³/mol. The van der Waals surface area contributed by atoms with Crippen molar-refractivity contribution in [2.24, 2.45) is 0 Å². The number of carbonyl (C=O) groups is 1. The molecular formula is C14H11ClN4O2. The number of pyridine rings is 2. The number of aromatic nitrogens is 4. The zero-order valence-electron chi connectivity index (χ0n) is 11.4. The van der Waals surface area contributed by atoms with Crippen LogP contribution in [0.25, 0.3) is 17.2 Å². The van der Waals surface area contributed by atoms with E-state index in [4.69, 9.17) is 16.3 Å². The lowest BCUT2D eigenvalue weighted by Crippen LogP contribution is -2.04. The minimum Gasteiger partial charge on any atom is -0.465 e. The zero-order chi connectivity index (χ0) is 15.0. The molecule has 3 rings (SSSR count). The van der Waals surface area contributed by atoms with Crippen LogP contribution in [0.5, 0.6) is 0 Å². The van der Waals surface area contributed by atoms with Crippen LogP contribution in [0.2, 0.25) is 5.02 Å². The number of carbonyl (C=O) groups excluding carboxylic acids is 1. The van der Waals surface area contributed by atoms with E-state index in [0.29, 0.717) is 27.8 Å². The van der Waals surface area contributed by atoms with Gasteiger partial charge in [-0.3, -0.25) is 4.40 Å². The molecule has 0 aliphatic carbocycles. The minimum atomic E-state index is -0.476. The molecule has 0 atom stereocenters. The van der Waals surface area contributed by atoms with Crippen molar-refractivity contribution in [1.29, 1.82) is 0 Å². The molecule has 7 heteroatoms. The van der Waals surface area contributed by atoms with Gasteiger partial charge in [-0.05, 0) is 25.1 Å². The molecule has 3 aromatic heterocycles. The van der Waals surface area contributed by atoms with Gasteiger partial charge in [0.05, 0.1) is 17.7 Å². The molecule has 0 N–H and O–H groups in total. The van der Waals surface area contributed by atoms with Crippen LogP contribution in [0.3, 0.4) is 0 Å². The maximum absolute atomic E-state index is 11.7. The number of nitrogens with zero attached hydrogens (tertiary/aromatic N) is 4. The Labute approximate surface area is 125 Å². The summed E-state index contributed by atoms with van der Waals surface area (Å²) in [4.78, 5) is 16.1. The van der Waals surface area contributed by atoms with Gasteiger partial charge in [-0.25, -0.2) is 9.78 Å². The van der Waals surface area contributed by atoms with Crippen LogP contribution >= 0.6 is 11.6 Å². The maximum Gasteiger partial charge on any atom is 0.339 e. The topological polar surface area (TPSA) is 69.4 Å². The summed E-state index contributed by atoms with van der Waals surface area (Å²) < 4.78 is 6.35. The third kappa shape index (κ3) is 2.34. The van der Waals surface area contributed by atoms with E-state index in [9.17, 15) is 4.79 Å². The Morgan fingerprint density at radius 2 is 2.14 bits per heavy atom. The Bertz CT molecular complexity index is 844. The van der Waals surface area contributed by atoms with Crippen molar-refractivity contribution in [3.8, 4) is 11.5 Å². The van der Waals surface area contributed by atoms with Gasteiger partial charge >= 0.3 is 5.97 Å². The van der Waals surface area contributed by atoms with Gasteiger partial charge in [-0.2, -0.15) is 0 Å². The van der Waals surface area contributed by atoms with Gasteiger partial charge in [0.1, 0.15) is 5.69 Å². The van der Waals surface area contributed by atoms with Gasteiger partial charge in [0, 0.05) is 11.9 Å². The molecule has 0 amide bonds. The molecule has 0 fully saturated rings. The number of aryl methyl sites for hydroxylation is 1. The first-order valence-electron chi connectivity index (χ1n) is 6.17. The van der Waals surface area contributed by atoms with E-state index in [2.05, 4.69) is 15.2 Å². The second-order valence-electron chi connectivity index (χ2n) is 4.45. The highest BCUT2D eigenvalue weighted by Gasteiger charge is 2.16. The summed E-state index contributed by atoms with van der Waals surface area (Å²) in [6.45, 7) is 1.89. The van der Waals surface area contributed by atoms with Crippen LogP contribution in [0, 0.1) is 6.92 Å². The van der Waals surface area contributed by atoms with Gasteiger partial charge < -0.3 is 4.74 Å². The largest absolute Gasteiger partial charge is 0.465 e. The molecule has 3 aromatic rings. The summed E-state index contributed by atoms with van der Waals surface area (Å²) in [6, 6.07) is 7.09. The van der Waals surface area contributed by atoms with Crippen molar-refractivity contribution < 1.29 is 9.53 Å². The maximum atomic E-state index is 11.7. The number of hydrogen-bond acceptors (Lipinski definition) is 5. The third-order valence-electron chi connectivity index (χ3n) is 3.00. The van der Waals surface area contributed by atoms with Crippen molar-refractivity contribution in [3.63, 3.8) is 0 Å². The van der Waals surface area contributed by atoms with E-state index >= 15 is 0 Å². The first kappa shape index (κ1) is 13.5. The number of methoxy groups -OCH3 is 1. The molecule has 0 saturated carbocycles. The second-order valence-corrected chi connectivity index (χ2v) is 4.86. The lowest BCUT2D eigenvalue weighted by Gasteiger charge is -2.04. The number of halogens is 1. The number of hydrogen-bond donors (Lipinski definition) is 0. The lowest BCUT2D eigenvalue weighted by molar-refractivity contribution is 0.0600. The average Bonchev–Trinajstić information content (AvgIpc) is 2.90. The van der Waals surface area contributed by atoms with Crippen molar-refractivity contribution in [1.82, 2.24) is 19.6 Å². The van der Waals surface area contributed by atoms with Gasteiger partial charge in [0.25, 0.3) is 0 Å². The molecular weight excluding hydrogens is 292 g/mol. The van der Waals surface area contributed by atoms with Gasteiger partial charge in [-0.1, -0.05) is 17.7 Å². The summed E-state index contributed by atoms with van der Waals surface area (Å²) in [5, 5.41) is 8.47. The zero-order valence-corrected chi connectivity index (χ0v) is 12.1. The number of esters is 1. The minimum absolute atomic E-state index is 0.323. The highest BCUT2D eigenvalue weighted by Crippen LogP contribution is 2.23. The quantitative estimate of drug-likeness (QED) is 0.680. The Balaban J connectivity index is 2.25. The monoisotopic (exact) mass is 302 g/mol. The van der Waals surface area contributed by atoms with Crippen molar-refractivity contribution in [3.05, 3.63) is 46.7 Å². The summed E-state index contributed by atoms with van der Waals surface area (Å²) >= 11 is 6.14. The highest BCUT2D eigenvalue weighted by molar-refractivity contribution is 6.33. The van der Waals surface area contributed by atoms with Gasteiger partial charge in [0.15, 0.2) is 11.5 Å². The fraction of sp³-hybridized carbons (Fsp3) is 0.143. The van der Waals surface area contributed by atoms with Gasteiger partial charge in [0.2, 0.25) is 0 Å². The Kier molecular flexibility index (Phi) is 3.31. The summed E-state index contributed by atoms with van der Waals surface area (Å²) in [5.74, 6) is 0.0389. The Morgan fingerprint density at radius 1 is 1.33 bits per heavy atom. The Hall–Kier alpha value is -2.47. The van der Waals surface area contributed by atoms with E-state index in [-0.39, 0.29) is 0 Å². The van der Waals surface area contributed by atoms with E-state index < -0.39 is 5.97 Å². The highest BCUT2D eigenvalue weighted by atomic mass is 35.5. The first-order valence-corrected chi connectivity index (χ1v) is 6.54. The molecule has 0 radical (unpaired) electrons. The van der Waals surface area contributed by atoms with Crippen molar-refractivity contribution in [2.75, 3.05) is 7.11 Å². The SMILES string of the molecule is COC(=O)c1cc(Cl)c2nnc(-c3cccc(C)n3)n2c1. The van der Waals surface area contributed by atoms with Crippen LogP contribution < -0.4 is 0 Å². The van der Waals surface area contributed by atoms with Crippen LogP contribution in [-0.2, 0) is 4.74 Å². The molecule has 0 aliphatic rings. The first-order chi connectivity index (χ1) is 10.1. The third-order valence-corrected chi connectivity index (χ3v) is 3.28. The number of ether oxygens (including phenoxy) is 1. The fourth-order valence-corrected chi connectivity index (χ4v) is 2.27. The molecule has 0 aliphatic heterocycles. The molecule has 3 heterocycles. The van der Waals surface area contributed by atoms with E-state index in [1.807, 2.05) is 25.1 Å². The van der Waals surface area contributed by atoms with E-state index in [0.717, 1.165) is 5.69 Å². The van der Waals surface area contributed by atoms with E-state index in [1.165, 1.54) is 13.2 Å². The normalized spacial score (nSPS) is 10.8. The van der Waals surface area contributed by atoms with Crippen LogP contribution in [0.15, 0.2) is 30.5 Å². The number of fused-ring (bicyclic) bond motifs is 1. The molecule has 21 heavy (non-hydrogen) atoms. The standard InChI is InChI=1S/C14H11ClN4O2/c1-8-4-3-5-11(16-8)13-18-17-12-10(15)6-9(7-19(12)13)14(20)21-2/h3-7H,1-2H3. The summed E-state index contributed by atoms with van der Waals surface area (Å²) in [6.07, 6.45) is 1.59. The van der Waals surface area contributed by atoms with E-state index in [1.54, 1.807) is 10.6 Å². The molecule has 0 saturated heterocycles. The average molecular weight is 303 g/mol. The molecule has 0 spiro atoms.